The molecule has 7 heteroatoms. The highest BCUT2D eigenvalue weighted by Crippen LogP contribution is 2.27. The summed E-state index contributed by atoms with van der Waals surface area (Å²) in [4.78, 5) is 22.9. The van der Waals surface area contributed by atoms with Gasteiger partial charge >= 0.3 is 0 Å². The summed E-state index contributed by atoms with van der Waals surface area (Å²) < 4.78 is 5.12. The fourth-order valence-electron chi connectivity index (χ4n) is 1.53. The molecule has 2 amide bonds. The summed E-state index contributed by atoms with van der Waals surface area (Å²) in [5, 5.41) is 5.78. The van der Waals surface area contributed by atoms with Crippen molar-refractivity contribution in [1.29, 1.82) is 0 Å². The molecule has 4 N–H and O–H groups in total. The largest absolute Gasteiger partial charge is 0.495 e. The third-order valence-electron chi connectivity index (χ3n) is 2.48. The Morgan fingerprint density at radius 3 is 2.70 bits per heavy atom. The van der Waals surface area contributed by atoms with Crippen molar-refractivity contribution in [3.8, 4) is 5.75 Å². The van der Waals surface area contributed by atoms with Crippen LogP contribution in [-0.4, -0.2) is 32.0 Å². The Bertz CT molecular complexity index is 480. The maximum atomic E-state index is 11.7. The first-order valence-corrected chi connectivity index (χ1v) is 6.54. The molecule has 0 spiro atoms. The summed E-state index contributed by atoms with van der Waals surface area (Å²) in [6.45, 7) is 0.547. The Kier molecular flexibility index (Phi) is 6.83. The third-order valence-corrected chi connectivity index (χ3v) is 2.72. The molecule has 0 radical (unpaired) electrons. The number of methoxy groups -OCH3 is 1. The fourth-order valence-corrected chi connectivity index (χ4v) is 1.70. The molecule has 1 aromatic carbocycles. The molecule has 6 nitrogen and oxygen atoms in total. The number of benzene rings is 1. The smallest absolute Gasteiger partial charge is 0.226 e. The lowest BCUT2D eigenvalue weighted by Gasteiger charge is -2.10. The molecule has 0 saturated carbocycles. The lowest BCUT2D eigenvalue weighted by Crippen LogP contribution is -2.29. The highest BCUT2D eigenvalue weighted by Gasteiger charge is 2.08. The van der Waals surface area contributed by atoms with Crippen LogP contribution in [0.15, 0.2) is 18.2 Å². The lowest BCUT2D eigenvalue weighted by atomic mass is 10.2. The van der Waals surface area contributed by atoms with Crippen LogP contribution in [0.5, 0.6) is 5.75 Å². The molecule has 110 valence electrons. The molecule has 0 fully saturated rings. The third kappa shape index (κ3) is 5.46. The summed E-state index contributed by atoms with van der Waals surface area (Å²) >= 11 is 5.86. The molecule has 0 atom stereocenters. The Labute approximate surface area is 122 Å². The molecule has 0 aliphatic heterocycles. The summed E-state index contributed by atoms with van der Waals surface area (Å²) in [5.41, 5.74) is 5.74. The molecule has 0 aromatic heterocycles. The number of nitrogens with two attached hydrogens (primary N) is 1. The average molecular weight is 300 g/mol. The van der Waals surface area contributed by atoms with Crippen molar-refractivity contribution in [2.24, 2.45) is 5.73 Å². The zero-order valence-corrected chi connectivity index (χ0v) is 12.0. The molecular formula is C13H18ClN3O3. The van der Waals surface area contributed by atoms with Crippen LogP contribution in [-0.2, 0) is 9.59 Å². The monoisotopic (exact) mass is 299 g/mol. The molecule has 1 aromatic rings. The van der Waals surface area contributed by atoms with Gasteiger partial charge in [0.15, 0.2) is 0 Å². The van der Waals surface area contributed by atoms with Crippen LogP contribution in [0, 0.1) is 0 Å². The first kappa shape index (κ1) is 16.3. The van der Waals surface area contributed by atoms with Crippen LogP contribution in [0.4, 0.5) is 5.69 Å². The Hall–Kier alpha value is -1.79. The minimum absolute atomic E-state index is 0.159. The second-order valence-corrected chi connectivity index (χ2v) is 4.47. The predicted molar refractivity (Wildman–Crippen MR) is 77.9 cm³/mol. The van der Waals surface area contributed by atoms with Crippen molar-refractivity contribution >= 4 is 29.1 Å². The number of ether oxygens (including phenoxy) is 1. The normalized spacial score (nSPS) is 9.95. The van der Waals surface area contributed by atoms with Gasteiger partial charge in [0.25, 0.3) is 0 Å². The zero-order chi connectivity index (χ0) is 15.0. The number of anilines is 1. The first-order valence-electron chi connectivity index (χ1n) is 6.17. The van der Waals surface area contributed by atoms with Crippen LogP contribution >= 0.6 is 11.6 Å². The van der Waals surface area contributed by atoms with Gasteiger partial charge in [-0.1, -0.05) is 11.6 Å². The minimum Gasteiger partial charge on any atom is -0.495 e. The zero-order valence-electron chi connectivity index (χ0n) is 11.2. The lowest BCUT2D eigenvalue weighted by molar-refractivity contribution is -0.121. The van der Waals surface area contributed by atoms with Gasteiger partial charge in [-0.2, -0.15) is 0 Å². The molecule has 0 aliphatic carbocycles. The van der Waals surface area contributed by atoms with Crippen molar-refractivity contribution in [3.63, 3.8) is 0 Å². The molecule has 0 aliphatic rings. The number of nitrogens with one attached hydrogen (secondary N) is 2. The minimum atomic E-state index is -0.237. The molecule has 1 rings (SSSR count). The Morgan fingerprint density at radius 1 is 1.30 bits per heavy atom. The van der Waals surface area contributed by atoms with E-state index >= 15 is 0 Å². The van der Waals surface area contributed by atoms with Gasteiger partial charge in [0.1, 0.15) is 5.75 Å². The number of hydrogen-bond donors (Lipinski definition) is 3. The van der Waals surface area contributed by atoms with Gasteiger partial charge in [-0.15, -0.1) is 0 Å². The summed E-state index contributed by atoms with van der Waals surface area (Å²) in [7, 11) is 1.51. The van der Waals surface area contributed by atoms with Gasteiger partial charge in [-0.3, -0.25) is 9.59 Å². The number of carbonyl (C=O) groups excluding carboxylic acids is 2. The summed E-state index contributed by atoms with van der Waals surface area (Å²) in [6.07, 6.45) is 0.412. The van der Waals surface area contributed by atoms with Crippen molar-refractivity contribution in [2.75, 3.05) is 25.5 Å². The van der Waals surface area contributed by atoms with Gasteiger partial charge in [0.05, 0.1) is 12.8 Å². The van der Waals surface area contributed by atoms with E-state index in [1.54, 1.807) is 18.2 Å². The van der Waals surface area contributed by atoms with E-state index in [9.17, 15) is 9.59 Å². The van der Waals surface area contributed by atoms with E-state index in [1.807, 2.05) is 0 Å². The quantitative estimate of drug-likeness (QED) is 0.704. The average Bonchev–Trinajstić information content (AvgIpc) is 2.39. The Morgan fingerprint density at radius 2 is 2.05 bits per heavy atom. The highest BCUT2D eigenvalue weighted by molar-refractivity contribution is 6.31. The number of amides is 2. The van der Waals surface area contributed by atoms with Crippen LogP contribution < -0.4 is 21.1 Å². The fraction of sp³-hybridized carbons (Fsp3) is 0.385. The van der Waals surface area contributed by atoms with Gasteiger partial charge < -0.3 is 21.1 Å². The van der Waals surface area contributed by atoms with E-state index in [2.05, 4.69) is 10.6 Å². The Balaban J connectivity index is 2.46. The van der Waals surface area contributed by atoms with E-state index in [0.717, 1.165) is 0 Å². The van der Waals surface area contributed by atoms with Gasteiger partial charge in [-0.05, 0) is 18.2 Å². The van der Waals surface area contributed by atoms with Crippen molar-refractivity contribution in [1.82, 2.24) is 5.32 Å². The van der Waals surface area contributed by atoms with Crippen molar-refractivity contribution in [2.45, 2.75) is 12.8 Å². The van der Waals surface area contributed by atoms with E-state index in [0.29, 0.717) is 16.5 Å². The van der Waals surface area contributed by atoms with Crippen LogP contribution in [0.1, 0.15) is 12.8 Å². The number of hydrogen-bond acceptors (Lipinski definition) is 4. The molecule has 0 bridgehead atoms. The molecule has 0 saturated heterocycles. The summed E-state index contributed by atoms with van der Waals surface area (Å²) in [5.74, 6) is 0.120. The van der Waals surface area contributed by atoms with E-state index in [4.69, 9.17) is 22.1 Å². The van der Waals surface area contributed by atoms with Crippen LogP contribution in [0.2, 0.25) is 5.02 Å². The van der Waals surface area contributed by atoms with Gasteiger partial charge in [0, 0.05) is 31.0 Å². The van der Waals surface area contributed by atoms with E-state index in [1.165, 1.54) is 7.11 Å². The highest BCUT2D eigenvalue weighted by atomic mass is 35.5. The standard InChI is InChI=1S/C13H18ClN3O3/c1-20-11-3-2-9(14)8-10(11)17-13(19)5-7-16-12(18)4-6-15/h2-3,8H,4-7,15H2,1H3,(H,16,18)(H,17,19). The van der Waals surface area contributed by atoms with Gasteiger partial charge in [-0.25, -0.2) is 0 Å². The van der Waals surface area contributed by atoms with Crippen molar-refractivity contribution < 1.29 is 14.3 Å². The molecule has 20 heavy (non-hydrogen) atoms. The SMILES string of the molecule is COc1ccc(Cl)cc1NC(=O)CCNC(=O)CCN. The summed E-state index contributed by atoms with van der Waals surface area (Å²) in [6, 6.07) is 4.94. The second kappa shape index (κ2) is 8.39. The van der Waals surface area contributed by atoms with Crippen LogP contribution in [0.3, 0.4) is 0 Å². The maximum absolute atomic E-state index is 11.7. The van der Waals surface area contributed by atoms with Gasteiger partial charge in [0.2, 0.25) is 11.8 Å². The molecule has 0 unspecified atom stereocenters. The van der Waals surface area contributed by atoms with Crippen molar-refractivity contribution in [3.05, 3.63) is 23.2 Å². The van der Waals surface area contributed by atoms with Crippen LogP contribution in [0.25, 0.3) is 0 Å². The predicted octanol–water partition coefficient (Wildman–Crippen LogP) is 1.14. The number of halogens is 1. The first-order chi connectivity index (χ1) is 9.56. The molecular weight excluding hydrogens is 282 g/mol. The van der Waals surface area contributed by atoms with E-state index < -0.39 is 0 Å². The maximum Gasteiger partial charge on any atom is 0.226 e. The number of rotatable bonds is 7. The number of carbonyl (C=O) groups is 2. The molecule has 0 heterocycles. The van der Waals surface area contributed by atoms with E-state index in [-0.39, 0.29) is 37.7 Å². The topological polar surface area (TPSA) is 93.5 Å². The second-order valence-electron chi connectivity index (χ2n) is 4.03.